The number of hydrogen-bond donors (Lipinski definition) is 2. The average molecular weight is 357 g/mol. The Morgan fingerprint density at radius 2 is 2.08 bits per heavy atom. The Morgan fingerprint density at radius 1 is 1.27 bits per heavy atom. The van der Waals surface area contributed by atoms with Crippen molar-refractivity contribution in [2.24, 2.45) is 0 Å². The van der Waals surface area contributed by atoms with E-state index < -0.39 is 17.4 Å². The second-order valence-electron chi connectivity index (χ2n) is 7.05. The van der Waals surface area contributed by atoms with E-state index in [0.29, 0.717) is 24.7 Å². The first-order valence-electron chi connectivity index (χ1n) is 8.71. The second-order valence-corrected chi connectivity index (χ2v) is 7.05. The Labute approximate surface area is 152 Å². The molecule has 6 heteroatoms. The van der Waals surface area contributed by atoms with Gasteiger partial charge in [0.15, 0.2) is 5.76 Å². The van der Waals surface area contributed by atoms with E-state index in [9.17, 15) is 9.59 Å². The number of carboxylic acids is 1. The number of hydrogen-bond acceptors (Lipinski definition) is 4. The van der Waals surface area contributed by atoms with E-state index in [4.69, 9.17) is 14.3 Å². The molecule has 2 heterocycles. The molecule has 1 atom stereocenters. The zero-order valence-electron chi connectivity index (χ0n) is 15.0. The fraction of sp³-hybridized carbons (Fsp3) is 0.400. The predicted octanol–water partition coefficient (Wildman–Crippen LogP) is 3.43. The third-order valence-corrected chi connectivity index (χ3v) is 4.64. The lowest BCUT2D eigenvalue weighted by Gasteiger charge is -2.26. The van der Waals surface area contributed by atoms with Gasteiger partial charge in [-0.3, -0.25) is 9.59 Å². The molecule has 3 rings (SSSR count). The molecule has 2 aromatic rings. The van der Waals surface area contributed by atoms with Crippen molar-refractivity contribution in [2.45, 2.75) is 38.1 Å². The highest BCUT2D eigenvalue weighted by Crippen LogP contribution is 2.27. The Bertz CT molecular complexity index is 802. The van der Waals surface area contributed by atoms with Gasteiger partial charge in [0.05, 0.1) is 18.6 Å². The minimum absolute atomic E-state index is 0.159. The number of carbonyl (C=O) groups is 2. The molecule has 1 amide bonds. The summed E-state index contributed by atoms with van der Waals surface area (Å²) in [6, 6.07) is 11.4. The number of amides is 1. The van der Waals surface area contributed by atoms with E-state index in [2.05, 4.69) is 25.2 Å². The van der Waals surface area contributed by atoms with Gasteiger partial charge in [-0.05, 0) is 36.1 Å². The summed E-state index contributed by atoms with van der Waals surface area (Å²) in [7, 11) is 0. The Hall–Kier alpha value is -2.60. The van der Waals surface area contributed by atoms with E-state index in [-0.39, 0.29) is 18.8 Å². The molecule has 138 valence electrons. The number of nitrogens with one attached hydrogen (secondary N) is 1. The fourth-order valence-corrected chi connectivity index (χ4v) is 3.15. The molecule has 1 aliphatic rings. The largest absolute Gasteiger partial charge is 0.481 e. The number of carbonyl (C=O) groups excluding carboxylic acids is 1. The molecule has 1 aromatic heterocycles. The minimum atomic E-state index is -0.971. The van der Waals surface area contributed by atoms with Crippen LogP contribution in [0.25, 0.3) is 11.3 Å². The fourth-order valence-electron chi connectivity index (χ4n) is 3.15. The zero-order chi connectivity index (χ0) is 18.7. The van der Waals surface area contributed by atoms with Gasteiger partial charge in [-0.25, -0.2) is 0 Å². The van der Waals surface area contributed by atoms with Crippen LogP contribution >= 0.6 is 0 Å². The lowest BCUT2D eigenvalue weighted by Crippen LogP contribution is -2.50. The monoisotopic (exact) mass is 357 g/mol. The van der Waals surface area contributed by atoms with Crippen LogP contribution in [-0.2, 0) is 9.53 Å². The number of ether oxygens (including phenoxy) is 1. The van der Waals surface area contributed by atoms with Gasteiger partial charge in [0, 0.05) is 12.2 Å². The molecule has 0 spiro atoms. The van der Waals surface area contributed by atoms with Crippen molar-refractivity contribution in [3.8, 4) is 11.3 Å². The van der Waals surface area contributed by atoms with Crippen molar-refractivity contribution in [1.29, 1.82) is 0 Å². The van der Waals surface area contributed by atoms with Crippen LogP contribution in [0.1, 0.15) is 48.7 Å². The molecular formula is C20H23NO5. The van der Waals surface area contributed by atoms with Gasteiger partial charge in [-0.2, -0.15) is 0 Å². The molecule has 6 nitrogen and oxygen atoms in total. The quantitative estimate of drug-likeness (QED) is 0.827. The number of benzene rings is 1. The van der Waals surface area contributed by atoms with Gasteiger partial charge in [-0.15, -0.1) is 0 Å². The van der Waals surface area contributed by atoms with Gasteiger partial charge in [0.25, 0.3) is 5.91 Å². The third kappa shape index (κ3) is 3.96. The van der Waals surface area contributed by atoms with Crippen molar-refractivity contribution >= 4 is 11.9 Å². The van der Waals surface area contributed by atoms with Crippen LogP contribution in [0.4, 0.5) is 0 Å². The highest BCUT2D eigenvalue weighted by Gasteiger charge is 2.39. The van der Waals surface area contributed by atoms with Crippen molar-refractivity contribution in [2.75, 3.05) is 13.2 Å². The first kappa shape index (κ1) is 18.2. The van der Waals surface area contributed by atoms with Gasteiger partial charge in [0.2, 0.25) is 0 Å². The van der Waals surface area contributed by atoms with Crippen molar-refractivity contribution in [3.05, 3.63) is 47.7 Å². The van der Waals surface area contributed by atoms with E-state index in [1.165, 1.54) is 5.56 Å². The predicted molar refractivity (Wildman–Crippen MR) is 96.1 cm³/mol. The molecule has 0 radical (unpaired) electrons. The standard InChI is InChI=1S/C20H23NO5/c1-13(2)14-4-3-5-15(10-14)16-6-7-17(26-16)19(24)21-20(11-18(22)23)8-9-25-12-20/h3-7,10,13H,8-9,11-12H2,1-2H3,(H,21,24)(H,22,23). The van der Waals surface area contributed by atoms with E-state index in [1.54, 1.807) is 12.1 Å². The second kappa shape index (κ2) is 7.33. The molecule has 0 bridgehead atoms. The van der Waals surface area contributed by atoms with Crippen LogP contribution in [0, 0.1) is 0 Å². The van der Waals surface area contributed by atoms with Crippen LogP contribution in [-0.4, -0.2) is 35.7 Å². The molecule has 2 N–H and O–H groups in total. The van der Waals surface area contributed by atoms with Crippen LogP contribution in [0.2, 0.25) is 0 Å². The molecule has 1 aromatic carbocycles. The number of carboxylic acid groups (broad SMARTS) is 1. The van der Waals surface area contributed by atoms with E-state index in [0.717, 1.165) is 5.56 Å². The smallest absolute Gasteiger partial charge is 0.305 e. The lowest BCUT2D eigenvalue weighted by atomic mass is 9.94. The topological polar surface area (TPSA) is 88.8 Å². The first-order chi connectivity index (χ1) is 12.4. The summed E-state index contributed by atoms with van der Waals surface area (Å²) in [4.78, 5) is 23.7. The van der Waals surface area contributed by atoms with Gasteiger partial charge in [-0.1, -0.05) is 32.0 Å². The SMILES string of the molecule is CC(C)c1cccc(-c2ccc(C(=O)NC3(CC(=O)O)CCOC3)o2)c1. The van der Waals surface area contributed by atoms with E-state index in [1.807, 2.05) is 18.2 Å². The molecule has 0 aliphatic carbocycles. The summed E-state index contributed by atoms with van der Waals surface area (Å²) in [5.74, 6) is -0.241. The summed E-state index contributed by atoms with van der Waals surface area (Å²) in [5.41, 5.74) is 1.21. The summed E-state index contributed by atoms with van der Waals surface area (Å²) in [6.45, 7) is 4.85. The molecule has 1 fully saturated rings. The average Bonchev–Trinajstić information content (AvgIpc) is 3.24. The normalized spacial score (nSPS) is 19.7. The third-order valence-electron chi connectivity index (χ3n) is 4.64. The van der Waals surface area contributed by atoms with Crippen molar-refractivity contribution in [1.82, 2.24) is 5.32 Å². The number of aliphatic carboxylic acids is 1. The number of rotatable bonds is 6. The zero-order valence-corrected chi connectivity index (χ0v) is 15.0. The maximum Gasteiger partial charge on any atom is 0.305 e. The highest BCUT2D eigenvalue weighted by molar-refractivity contribution is 5.93. The molecule has 26 heavy (non-hydrogen) atoms. The summed E-state index contributed by atoms with van der Waals surface area (Å²) >= 11 is 0. The van der Waals surface area contributed by atoms with E-state index >= 15 is 0 Å². The minimum Gasteiger partial charge on any atom is -0.481 e. The van der Waals surface area contributed by atoms with Gasteiger partial charge >= 0.3 is 5.97 Å². The summed E-state index contributed by atoms with van der Waals surface area (Å²) < 4.78 is 11.0. The Kier molecular flexibility index (Phi) is 5.13. The van der Waals surface area contributed by atoms with Crippen LogP contribution < -0.4 is 5.32 Å². The summed E-state index contributed by atoms with van der Waals surface area (Å²) in [6.07, 6.45) is 0.289. The number of furan rings is 1. The molecular weight excluding hydrogens is 334 g/mol. The highest BCUT2D eigenvalue weighted by atomic mass is 16.5. The van der Waals surface area contributed by atoms with Crippen LogP contribution in [0.5, 0.6) is 0 Å². The lowest BCUT2D eigenvalue weighted by molar-refractivity contribution is -0.138. The van der Waals surface area contributed by atoms with Crippen LogP contribution in [0.3, 0.4) is 0 Å². The molecule has 0 saturated carbocycles. The maximum absolute atomic E-state index is 12.6. The van der Waals surface area contributed by atoms with Crippen molar-refractivity contribution in [3.63, 3.8) is 0 Å². The maximum atomic E-state index is 12.6. The first-order valence-corrected chi connectivity index (χ1v) is 8.71. The van der Waals surface area contributed by atoms with Gasteiger partial charge in [0.1, 0.15) is 5.76 Å². The van der Waals surface area contributed by atoms with Gasteiger partial charge < -0.3 is 19.6 Å². The molecule has 1 unspecified atom stereocenters. The molecule has 1 aliphatic heterocycles. The Morgan fingerprint density at radius 3 is 2.73 bits per heavy atom. The molecule has 1 saturated heterocycles. The van der Waals surface area contributed by atoms with Crippen molar-refractivity contribution < 1.29 is 23.8 Å². The summed E-state index contributed by atoms with van der Waals surface area (Å²) in [5, 5.41) is 11.9. The Balaban J connectivity index is 1.78. The van der Waals surface area contributed by atoms with Crippen LogP contribution in [0.15, 0.2) is 40.8 Å².